The van der Waals surface area contributed by atoms with Gasteiger partial charge in [-0.15, -0.1) is 0 Å². The molecule has 0 aromatic heterocycles. The zero-order chi connectivity index (χ0) is 11.7. The van der Waals surface area contributed by atoms with E-state index in [1.807, 2.05) is 18.2 Å². The number of rotatable bonds is 3. The number of nitrogens with one attached hydrogen (secondary N) is 2. The van der Waals surface area contributed by atoms with Crippen molar-refractivity contribution in [2.45, 2.75) is 19.1 Å². The summed E-state index contributed by atoms with van der Waals surface area (Å²) in [5.74, 6) is -0.0810. The molecule has 2 rings (SSSR count). The van der Waals surface area contributed by atoms with Crippen molar-refractivity contribution in [2.24, 2.45) is 0 Å². The molecular weight excluding hydrogens is 272 g/mol. The smallest absolute Gasteiger partial charge is 0.246 e. The van der Waals surface area contributed by atoms with Gasteiger partial charge in [0.2, 0.25) is 5.91 Å². The molecule has 1 heterocycles. The first kappa shape index (κ1) is 11.6. The second-order valence-corrected chi connectivity index (χ2v) is 4.73. The van der Waals surface area contributed by atoms with Gasteiger partial charge in [0.25, 0.3) is 0 Å². The number of carbonyl (C=O) groups excluding carboxylic acids is 1. The van der Waals surface area contributed by atoms with E-state index < -0.39 is 6.10 Å². The zero-order valence-corrected chi connectivity index (χ0v) is 10.4. The number of benzene rings is 1. The summed E-state index contributed by atoms with van der Waals surface area (Å²) in [5, 5.41) is 15.0. The molecule has 1 aliphatic heterocycles. The van der Waals surface area contributed by atoms with Crippen LogP contribution in [0.3, 0.4) is 0 Å². The molecule has 1 amide bonds. The minimum atomic E-state index is -0.473. The highest BCUT2D eigenvalue weighted by Crippen LogP contribution is 2.36. The molecule has 0 fully saturated rings. The van der Waals surface area contributed by atoms with Crippen LogP contribution in [-0.4, -0.2) is 23.7 Å². The van der Waals surface area contributed by atoms with Crippen LogP contribution >= 0.6 is 15.9 Å². The van der Waals surface area contributed by atoms with E-state index in [0.717, 1.165) is 15.7 Å². The third kappa shape index (κ3) is 2.11. The lowest BCUT2D eigenvalue weighted by atomic mass is 10.1. The van der Waals surface area contributed by atoms with Gasteiger partial charge in [-0.3, -0.25) is 10.1 Å². The lowest BCUT2D eigenvalue weighted by Crippen LogP contribution is -2.32. The fraction of sp³-hybridized carbons (Fsp3) is 0.364. The summed E-state index contributed by atoms with van der Waals surface area (Å²) < 4.78 is 0.895. The molecule has 16 heavy (non-hydrogen) atoms. The molecule has 0 saturated carbocycles. The van der Waals surface area contributed by atoms with Crippen molar-refractivity contribution < 1.29 is 9.90 Å². The summed E-state index contributed by atoms with van der Waals surface area (Å²) in [5.41, 5.74) is 1.73. The quantitative estimate of drug-likeness (QED) is 0.787. The molecule has 0 saturated heterocycles. The second kappa shape index (κ2) is 4.53. The summed E-state index contributed by atoms with van der Waals surface area (Å²) in [7, 11) is 0. The number of aliphatic hydroxyl groups excluding tert-OH is 1. The number of anilines is 1. The minimum absolute atomic E-state index is 0.0810. The Labute approximate surface area is 102 Å². The van der Waals surface area contributed by atoms with Crippen LogP contribution in [0.1, 0.15) is 18.5 Å². The van der Waals surface area contributed by atoms with Crippen molar-refractivity contribution in [3.8, 4) is 0 Å². The van der Waals surface area contributed by atoms with Crippen LogP contribution < -0.4 is 10.6 Å². The van der Waals surface area contributed by atoms with Gasteiger partial charge in [0, 0.05) is 22.3 Å². The largest absolute Gasteiger partial charge is 0.392 e. The normalized spacial score (nSPS) is 20.4. The highest BCUT2D eigenvalue weighted by molar-refractivity contribution is 9.10. The Hall–Kier alpha value is -0.910. The van der Waals surface area contributed by atoms with Gasteiger partial charge in [-0.05, 0) is 19.1 Å². The van der Waals surface area contributed by atoms with Crippen molar-refractivity contribution in [1.82, 2.24) is 5.32 Å². The van der Waals surface area contributed by atoms with Crippen LogP contribution in [0, 0.1) is 0 Å². The molecule has 3 N–H and O–H groups in total. The summed E-state index contributed by atoms with van der Waals surface area (Å²) in [4.78, 5) is 11.7. The highest BCUT2D eigenvalue weighted by Gasteiger charge is 2.31. The van der Waals surface area contributed by atoms with Gasteiger partial charge in [0.1, 0.15) is 6.04 Å². The Bertz CT molecular complexity index is 420. The van der Waals surface area contributed by atoms with Crippen molar-refractivity contribution in [2.75, 3.05) is 11.9 Å². The van der Waals surface area contributed by atoms with E-state index in [1.54, 1.807) is 6.92 Å². The number of carbonyl (C=O) groups is 1. The van der Waals surface area contributed by atoms with Crippen molar-refractivity contribution in [1.29, 1.82) is 0 Å². The van der Waals surface area contributed by atoms with Crippen LogP contribution in [0.25, 0.3) is 0 Å². The molecule has 0 aliphatic carbocycles. The Kier molecular flexibility index (Phi) is 3.28. The second-order valence-electron chi connectivity index (χ2n) is 3.88. The number of aliphatic hydroxyl groups is 1. The van der Waals surface area contributed by atoms with Gasteiger partial charge < -0.3 is 10.4 Å². The van der Waals surface area contributed by atoms with E-state index in [4.69, 9.17) is 0 Å². The third-order valence-corrected chi connectivity index (χ3v) is 3.17. The fourth-order valence-electron chi connectivity index (χ4n) is 1.76. The predicted molar refractivity (Wildman–Crippen MR) is 65.2 cm³/mol. The third-order valence-electron chi connectivity index (χ3n) is 2.48. The summed E-state index contributed by atoms with van der Waals surface area (Å²) >= 11 is 3.43. The lowest BCUT2D eigenvalue weighted by molar-refractivity contribution is -0.117. The molecule has 0 bridgehead atoms. The maximum absolute atomic E-state index is 11.7. The summed E-state index contributed by atoms with van der Waals surface area (Å²) in [6, 6.07) is 5.25. The number of hydrogen-bond acceptors (Lipinski definition) is 3. The van der Waals surface area contributed by atoms with Crippen molar-refractivity contribution in [3.05, 3.63) is 28.2 Å². The molecule has 5 heteroatoms. The van der Waals surface area contributed by atoms with E-state index >= 15 is 0 Å². The summed E-state index contributed by atoms with van der Waals surface area (Å²) in [6.45, 7) is 2.07. The molecule has 0 radical (unpaired) electrons. The van der Waals surface area contributed by atoms with Crippen LogP contribution in [0.4, 0.5) is 5.69 Å². The Morgan fingerprint density at radius 2 is 2.38 bits per heavy atom. The predicted octanol–water partition coefficient (Wildman–Crippen LogP) is 1.41. The standard InChI is InChI=1S/C11H13BrN2O2/c1-6(15)5-13-10-9-7(12)3-2-4-8(9)14-11(10)16/h2-4,6,10,13,15H,5H2,1H3,(H,14,16). The summed E-state index contributed by atoms with van der Waals surface area (Å²) in [6.07, 6.45) is -0.473. The molecule has 2 atom stereocenters. The van der Waals surface area contributed by atoms with E-state index in [1.165, 1.54) is 0 Å². The number of fused-ring (bicyclic) bond motifs is 1. The van der Waals surface area contributed by atoms with Gasteiger partial charge in [-0.25, -0.2) is 0 Å². The zero-order valence-electron chi connectivity index (χ0n) is 8.83. The van der Waals surface area contributed by atoms with E-state index in [-0.39, 0.29) is 11.9 Å². The molecular formula is C11H13BrN2O2. The van der Waals surface area contributed by atoms with Crippen LogP contribution in [0.15, 0.2) is 22.7 Å². The molecule has 2 unspecified atom stereocenters. The highest BCUT2D eigenvalue weighted by atomic mass is 79.9. The monoisotopic (exact) mass is 284 g/mol. The molecule has 1 aromatic rings. The van der Waals surface area contributed by atoms with Crippen molar-refractivity contribution >= 4 is 27.5 Å². The molecule has 0 spiro atoms. The van der Waals surface area contributed by atoms with E-state index in [9.17, 15) is 9.90 Å². The fourth-order valence-corrected chi connectivity index (χ4v) is 2.35. The van der Waals surface area contributed by atoms with Gasteiger partial charge >= 0.3 is 0 Å². The van der Waals surface area contributed by atoms with Gasteiger partial charge in [-0.2, -0.15) is 0 Å². The van der Waals surface area contributed by atoms with Gasteiger partial charge in [-0.1, -0.05) is 22.0 Å². The maximum atomic E-state index is 11.7. The first-order valence-electron chi connectivity index (χ1n) is 5.10. The molecule has 86 valence electrons. The average molecular weight is 285 g/mol. The molecule has 1 aliphatic rings. The van der Waals surface area contributed by atoms with Crippen molar-refractivity contribution in [3.63, 3.8) is 0 Å². The van der Waals surface area contributed by atoms with Gasteiger partial charge in [0.15, 0.2) is 0 Å². The Morgan fingerprint density at radius 1 is 1.62 bits per heavy atom. The van der Waals surface area contributed by atoms with E-state index in [0.29, 0.717) is 6.54 Å². The Morgan fingerprint density at radius 3 is 3.06 bits per heavy atom. The van der Waals surface area contributed by atoms with Crippen LogP contribution in [0.2, 0.25) is 0 Å². The van der Waals surface area contributed by atoms with E-state index in [2.05, 4.69) is 26.6 Å². The molecule has 4 nitrogen and oxygen atoms in total. The van der Waals surface area contributed by atoms with Crippen LogP contribution in [-0.2, 0) is 4.79 Å². The first-order valence-corrected chi connectivity index (χ1v) is 5.89. The van der Waals surface area contributed by atoms with Gasteiger partial charge in [0.05, 0.1) is 6.10 Å². The maximum Gasteiger partial charge on any atom is 0.246 e. The lowest BCUT2D eigenvalue weighted by Gasteiger charge is -2.13. The first-order chi connectivity index (χ1) is 7.59. The SMILES string of the molecule is CC(O)CNC1C(=O)Nc2cccc(Br)c21. The topological polar surface area (TPSA) is 61.4 Å². The average Bonchev–Trinajstić information content (AvgIpc) is 2.52. The molecule has 1 aromatic carbocycles. The van der Waals surface area contributed by atoms with Crippen LogP contribution in [0.5, 0.6) is 0 Å². The minimum Gasteiger partial charge on any atom is -0.392 e. The number of amides is 1. The Balaban J connectivity index is 2.25. The number of halogens is 1. The number of hydrogen-bond donors (Lipinski definition) is 3.